The average molecular weight is 303 g/mol. The van der Waals surface area contributed by atoms with Crippen LogP contribution in [0, 0.1) is 6.92 Å². The second-order valence-corrected chi connectivity index (χ2v) is 5.71. The number of likely N-dealkylation sites (tertiary alicyclic amines) is 1. The average Bonchev–Trinajstić information content (AvgIpc) is 3.14. The van der Waals surface area contributed by atoms with Crippen molar-refractivity contribution in [3.63, 3.8) is 0 Å². The standard InChI is InChI=1S/C15H21N5O2/c1-4-13-16-14(22-18-13)12-7-5-6-8-20(12)15(21)11-9-10(2)19(3)17-11/h9,12H,4-8H2,1-3H3/t12-/m0/s1. The number of aromatic nitrogens is 4. The predicted octanol–water partition coefficient (Wildman–Crippen LogP) is 2.04. The number of piperidine rings is 1. The van der Waals surface area contributed by atoms with E-state index < -0.39 is 0 Å². The molecule has 0 bridgehead atoms. The van der Waals surface area contributed by atoms with E-state index in [0.717, 1.165) is 31.4 Å². The van der Waals surface area contributed by atoms with Gasteiger partial charge in [0.1, 0.15) is 6.04 Å². The van der Waals surface area contributed by atoms with E-state index in [0.29, 0.717) is 24.0 Å². The molecule has 1 aliphatic rings. The van der Waals surface area contributed by atoms with Gasteiger partial charge in [-0.1, -0.05) is 12.1 Å². The largest absolute Gasteiger partial charge is 0.337 e. The molecule has 7 heteroatoms. The number of carbonyl (C=O) groups is 1. The fourth-order valence-corrected chi connectivity index (χ4v) is 2.79. The normalized spacial score (nSPS) is 18.7. The Labute approximate surface area is 129 Å². The van der Waals surface area contributed by atoms with Crippen LogP contribution in [0.4, 0.5) is 0 Å². The molecule has 0 aromatic carbocycles. The molecule has 1 atom stereocenters. The molecule has 1 aliphatic heterocycles. The number of rotatable bonds is 3. The smallest absolute Gasteiger partial charge is 0.275 e. The Bertz CT molecular complexity index is 656. The van der Waals surface area contributed by atoms with Crippen molar-refractivity contribution < 1.29 is 9.32 Å². The van der Waals surface area contributed by atoms with Crippen molar-refractivity contribution >= 4 is 5.91 Å². The third kappa shape index (κ3) is 2.63. The molecule has 0 spiro atoms. The second-order valence-electron chi connectivity index (χ2n) is 5.71. The van der Waals surface area contributed by atoms with Gasteiger partial charge in [0.15, 0.2) is 11.5 Å². The first kappa shape index (κ1) is 14.7. The van der Waals surface area contributed by atoms with Gasteiger partial charge < -0.3 is 9.42 Å². The van der Waals surface area contributed by atoms with Crippen LogP contribution in [-0.2, 0) is 13.5 Å². The molecule has 0 aliphatic carbocycles. The molecule has 2 aromatic rings. The molecule has 118 valence electrons. The third-order valence-corrected chi connectivity index (χ3v) is 4.18. The van der Waals surface area contributed by atoms with Gasteiger partial charge in [0.25, 0.3) is 5.91 Å². The summed E-state index contributed by atoms with van der Waals surface area (Å²) in [6, 6.07) is 1.68. The highest BCUT2D eigenvalue weighted by molar-refractivity contribution is 5.92. The molecule has 3 rings (SSSR count). The van der Waals surface area contributed by atoms with Crippen LogP contribution in [0.1, 0.15) is 60.1 Å². The van der Waals surface area contributed by atoms with Crippen LogP contribution < -0.4 is 0 Å². The summed E-state index contributed by atoms with van der Waals surface area (Å²) in [6.45, 7) is 4.61. The van der Waals surface area contributed by atoms with Crippen LogP contribution in [0.25, 0.3) is 0 Å². The summed E-state index contributed by atoms with van der Waals surface area (Å²) in [5.74, 6) is 1.16. The van der Waals surface area contributed by atoms with Crippen LogP contribution in [0.15, 0.2) is 10.6 Å². The Morgan fingerprint density at radius 2 is 2.27 bits per heavy atom. The Morgan fingerprint density at radius 3 is 2.91 bits per heavy atom. The van der Waals surface area contributed by atoms with E-state index in [9.17, 15) is 4.79 Å². The SMILES string of the molecule is CCc1noc([C@@H]2CCCCN2C(=O)c2cc(C)n(C)n2)n1. The van der Waals surface area contributed by atoms with Crippen molar-refractivity contribution in [1.29, 1.82) is 0 Å². The molecule has 0 saturated carbocycles. The molecule has 7 nitrogen and oxygen atoms in total. The van der Waals surface area contributed by atoms with Crippen molar-refractivity contribution in [2.45, 2.75) is 45.6 Å². The van der Waals surface area contributed by atoms with Crippen molar-refractivity contribution in [2.75, 3.05) is 6.54 Å². The third-order valence-electron chi connectivity index (χ3n) is 4.18. The number of amides is 1. The van der Waals surface area contributed by atoms with E-state index in [-0.39, 0.29) is 11.9 Å². The zero-order chi connectivity index (χ0) is 15.7. The molecule has 1 saturated heterocycles. The quantitative estimate of drug-likeness (QED) is 0.867. The van der Waals surface area contributed by atoms with Crippen LogP contribution >= 0.6 is 0 Å². The number of nitrogens with zero attached hydrogens (tertiary/aromatic N) is 5. The predicted molar refractivity (Wildman–Crippen MR) is 79.2 cm³/mol. The van der Waals surface area contributed by atoms with Crippen molar-refractivity contribution in [1.82, 2.24) is 24.8 Å². The minimum Gasteiger partial charge on any atom is -0.337 e. The fourth-order valence-electron chi connectivity index (χ4n) is 2.79. The summed E-state index contributed by atoms with van der Waals surface area (Å²) in [7, 11) is 1.84. The molecule has 2 aromatic heterocycles. The summed E-state index contributed by atoms with van der Waals surface area (Å²) in [5, 5.41) is 8.24. The second kappa shape index (κ2) is 5.90. The van der Waals surface area contributed by atoms with E-state index in [1.165, 1.54) is 0 Å². The first-order chi connectivity index (χ1) is 10.6. The van der Waals surface area contributed by atoms with Crippen LogP contribution in [0.3, 0.4) is 0 Å². The molecule has 1 amide bonds. The lowest BCUT2D eigenvalue weighted by Gasteiger charge is -2.32. The number of aryl methyl sites for hydroxylation is 3. The Kier molecular flexibility index (Phi) is 3.96. The van der Waals surface area contributed by atoms with Gasteiger partial charge in [0, 0.05) is 25.7 Å². The van der Waals surface area contributed by atoms with Crippen molar-refractivity contribution in [3.05, 3.63) is 29.2 Å². The van der Waals surface area contributed by atoms with E-state index in [4.69, 9.17) is 4.52 Å². The van der Waals surface area contributed by atoms with Crippen LogP contribution in [0.2, 0.25) is 0 Å². The molecule has 0 radical (unpaired) electrons. The summed E-state index contributed by atoms with van der Waals surface area (Å²) < 4.78 is 7.08. The summed E-state index contributed by atoms with van der Waals surface area (Å²) >= 11 is 0. The van der Waals surface area contributed by atoms with E-state index >= 15 is 0 Å². The molecular formula is C15H21N5O2. The monoisotopic (exact) mass is 303 g/mol. The van der Waals surface area contributed by atoms with Crippen LogP contribution in [0.5, 0.6) is 0 Å². The molecular weight excluding hydrogens is 282 g/mol. The Hall–Kier alpha value is -2.18. The first-order valence-electron chi connectivity index (χ1n) is 7.74. The fraction of sp³-hybridized carbons (Fsp3) is 0.600. The number of carbonyl (C=O) groups excluding carboxylic acids is 1. The zero-order valence-electron chi connectivity index (χ0n) is 13.2. The van der Waals surface area contributed by atoms with Gasteiger partial charge >= 0.3 is 0 Å². The highest BCUT2D eigenvalue weighted by Crippen LogP contribution is 2.31. The van der Waals surface area contributed by atoms with Gasteiger partial charge in [-0.05, 0) is 32.3 Å². The Balaban J connectivity index is 1.87. The number of hydrogen-bond donors (Lipinski definition) is 0. The molecule has 0 unspecified atom stereocenters. The maximum absolute atomic E-state index is 12.8. The zero-order valence-corrected chi connectivity index (χ0v) is 13.2. The van der Waals surface area contributed by atoms with Gasteiger partial charge in [-0.25, -0.2) is 0 Å². The summed E-state index contributed by atoms with van der Waals surface area (Å²) in [6.07, 6.45) is 3.62. The maximum Gasteiger partial charge on any atom is 0.275 e. The minimum absolute atomic E-state index is 0.0651. The van der Waals surface area contributed by atoms with E-state index in [2.05, 4.69) is 15.2 Å². The van der Waals surface area contributed by atoms with Gasteiger partial charge in [-0.2, -0.15) is 10.1 Å². The van der Waals surface area contributed by atoms with Crippen molar-refractivity contribution in [3.8, 4) is 0 Å². The summed E-state index contributed by atoms with van der Waals surface area (Å²) in [4.78, 5) is 19.0. The highest BCUT2D eigenvalue weighted by atomic mass is 16.5. The van der Waals surface area contributed by atoms with E-state index in [1.54, 1.807) is 4.68 Å². The Morgan fingerprint density at radius 1 is 1.45 bits per heavy atom. The van der Waals surface area contributed by atoms with Crippen molar-refractivity contribution in [2.24, 2.45) is 7.05 Å². The van der Waals surface area contributed by atoms with E-state index in [1.807, 2.05) is 31.9 Å². The molecule has 22 heavy (non-hydrogen) atoms. The molecule has 0 N–H and O–H groups in total. The van der Waals surface area contributed by atoms with Gasteiger partial charge in [-0.15, -0.1) is 0 Å². The van der Waals surface area contributed by atoms with Gasteiger partial charge in [0.05, 0.1) is 0 Å². The number of hydrogen-bond acceptors (Lipinski definition) is 5. The minimum atomic E-state index is -0.142. The maximum atomic E-state index is 12.8. The lowest BCUT2D eigenvalue weighted by molar-refractivity contribution is 0.0554. The van der Waals surface area contributed by atoms with Gasteiger partial charge in [0.2, 0.25) is 5.89 Å². The lowest BCUT2D eigenvalue weighted by Crippen LogP contribution is -2.39. The lowest BCUT2D eigenvalue weighted by atomic mass is 10.0. The molecule has 3 heterocycles. The summed E-state index contributed by atoms with van der Waals surface area (Å²) in [5.41, 5.74) is 1.44. The van der Waals surface area contributed by atoms with Crippen LogP contribution in [-0.4, -0.2) is 37.3 Å². The topological polar surface area (TPSA) is 77.0 Å². The first-order valence-corrected chi connectivity index (χ1v) is 7.74. The molecule has 1 fully saturated rings. The highest BCUT2D eigenvalue weighted by Gasteiger charge is 2.33. The van der Waals surface area contributed by atoms with Gasteiger partial charge in [-0.3, -0.25) is 9.48 Å².